The van der Waals surface area contributed by atoms with Gasteiger partial charge in [-0.25, -0.2) is 17.6 Å². The Labute approximate surface area is 111 Å². The maximum Gasteiger partial charge on any atom is 0.191 e. The van der Waals surface area contributed by atoms with Crippen molar-refractivity contribution in [3.63, 3.8) is 0 Å². The van der Waals surface area contributed by atoms with E-state index in [0.29, 0.717) is 0 Å². The van der Waals surface area contributed by atoms with Crippen LogP contribution in [0.15, 0.2) is 30.3 Å². The molecule has 0 aromatic heterocycles. The Bertz CT molecular complexity index is 612. The van der Waals surface area contributed by atoms with Crippen LogP contribution >= 0.6 is 0 Å². The summed E-state index contributed by atoms with van der Waals surface area (Å²) in [5.41, 5.74) is -0.643. The lowest BCUT2D eigenvalue weighted by atomic mass is 10.2. The molecule has 6 heteroatoms. The third-order valence-corrected chi connectivity index (χ3v) is 2.58. The number of rotatable bonds is 4. The first-order valence-corrected chi connectivity index (χ1v) is 5.53. The lowest BCUT2D eigenvalue weighted by molar-refractivity contribution is 0.112. The molecule has 104 valence electrons. The van der Waals surface area contributed by atoms with Crippen molar-refractivity contribution in [1.29, 1.82) is 0 Å². The fourth-order valence-electron chi connectivity index (χ4n) is 1.60. The molecular weight excluding hydrogens is 276 g/mol. The second-order valence-corrected chi connectivity index (χ2v) is 3.92. The van der Waals surface area contributed by atoms with Crippen LogP contribution in [0.1, 0.15) is 15.9 Å². The van der Waals surface area contributed by atoms with Crippen LogP contribution in [-0.2, 0) is 6.61 Å². The minimum atomic E-state index is -1.12. The van der Waals surface area contributed by atoms with Gasteiger partial charge < -0.3 is 4.74 Å². The first kappa shape index (κ1) is 14.0. The van der Waals surface area contributed by atoms with Crippen molar-refractivity contribution in [2.75, 3.05) is 0 Å². The van der Waals surface area contributed by atoms with E-state index in [0.717, 1.165) is 30.3 Å². The average molecular weight is 284 g/mol. The number of carbonyl (C=O) groups excluding carboxylic acids is 1. The minimum Gasteiger partial charge on any atom is -0.483 e. The van der Waals surface area contributed by atoms with Crippen LogP contribution in [0.4, 0.5) is 17.6 Å². The molecule has 2 aromatic carbocycles. The van der Waals surface area contributed by atoms with Crippen molar-refractivity contribution >= 4 is 6.29 Å². The standard InChI is InChI=1S/C14H8F4O2/c15-10-2-1-3-11(16)9(10)7-20-14-12(17)4-8(6-19)5-13(14)18/h1-6H,7H2. The van der Waals surface area contributed by atoms with Crippen molar-refractivity contribution in [3.8, 4) is 5.75 Å². The number of carbonyl (C=O) groups is 1. The molecular formula is C14H8F4O2. The Morgan fingerprint density at radius 2 is 1.50 bits per heavy atom. The van der Waals surface area contributed by atoms with Crippen LogP contribution < -0.4 is 4.74 Å². The van der Waals surface area contributed by atoms with Gasteiger partial charge in [0.15, 0.2) is 17.4 Å². The summed E-state index contributed by atoms with van der Waals surface area (Å²) in [4.78, 5) is 10.4. The molecule has 0 amide bonds. The molecule has 0 aliphatic carbocycles. The molecule has 0 saturated heterocycles. The molecule has 0 N–H and O–H groups in total. The van der Waals surface area contributed by atoms with E-state index in [1.807, 2.05) is 0 Å². The summed E-state index contributed by atoms with van der Waals surface area (Å²) in [6.07, 6.45) is 0.270. The monoisotopic (exact) mass is 284 g/mol. The van der Waals surface area contributed by atoms with E-state index in [1.165, 1.54) is 0 Å². The van der Waals surface area contributed by atoms with E-state index in [-0.39, 0.29) is 11.8 Å². The summed E-state index contributed by atoms with van der Waals surface area (Å²) in [5, 5.41) is 0. The van der Waals surface area contributed by atoms with E-state index < -0.39 is 41.2 Å². The molecule has 0 radical (unpaired) electrons. The number of halogens is 4. The Balaban J connectivity index is 2.26. The van der Waals surface area contributed by atoms with Crippen LogP contribution in [0.3, 0.4) is 0 Å². The quantitative estimate of drug-likeness (QED) is 0.633. The maximum absolute atomic E-state index is 13.5. The zero-order chi connectivity index (χ0) is 14.7. The molecule has 0 fully saturated rings. The van der Waals surface area contributed by atoms with Crippen LogP contribution in [0, 0.1) is 23.3 Å². The van der Waals surface area contributed by atoms with Crippen molar-refractivity contribution in [2.24, 2.45) is 0 Å². The summed E-state index contributed by atoms with van der Waals surface area (Å²) in [6, 6.07) is 4.70. The first-order chi connectivity index (χ1) is 9.52. The number of hydrogen-bond donors (Lipinski definition) is 0. The van der Waals surface area contributed by atoms with Gasteiger partial charge in [0.1, 0.15) is 24.5 Å². The van der Waals surface area contributed by atoms with Crippen molar-refractivity contribution < 1.29 is 27.1 Å². The number of benzene rings is 2. The van der Waals surface area contributed by atoms with Gasteiger partial charge in [0.25, 0.3) is 0 Å². The summed E-state index contributed by atoms with van der Waals surface area (Å²) in [5.74, 6) is -4.79. The third kappa shape index (κ3) is 2.79. The van der Waals surface area contributed by atoms with Gasteiger partial charge in [-0.15, -0.1) is 0 Å². The highest BCUT2D eigenvalue weighted by Crippen LogP contribution is 2.24. The van der Waals surface area contributed by atoms with E-state index >= 15 is 0 Å². The van der Waals surface area contributed by atoms with Crippen molar-refractivity contribution in [3.05, 3.63) is 64.7 Å². The average Bonchev–Trinajstić information content (AvgIpc) is 2.40. The van der Waals surface area contributed by atoms with Gasteiger partial charge in [0.05, 0.1) is 5.56 Å². The molecule has 2 aromatic rings. The molecule has 2 nitrogen and oxygen atoms in total. The highest BCUT2D eigenvalue weighted by atomic mass is 19.1. The van der Waals surface area contributed by atoms with E-state index in [4.69, 9.17) is 4.74 Å². The molecule has 2 rings (SSSR count). The molecule has 0 atom stereocenters. The van der Waals surface area contributed by atoms with Gasteiger partial charge in [-0.3, -0.25) is 4.79 Å². The van der Waals surface area contributed by atoms with Crippen molar-refractivity contribution in [1.82, 2.24) is 0 Å². The third-order valence-electron chi connectivity index (χ3n) is 2.58. The number of hydrogen-bond acceptors (Lipinski definition) is 2. The molecule has 0 aliphatic heterocycles. The summed E-state index contributed by atoms with van der Waals surface area (Å²) in [7, 11) is 0. The number of ether oxygens (including phenoxy) is 1. The van der Waals surface area contributed by atoms with Crippen molar-refractivity contribution in [2.45, 2.75) is 6.61 Å². The van der Waals surface area contributed by atoms with Gasteiger partial charge >= 0.3 is 0 Å². The molecule has 0 unspecified atom stereocenters. The SMILES string of the molecule is O=Cc1cc(F)c(OCc2c(F)cccc2F)c(F)c1. The van der Waals surface area contributed by atoms with Gasteiger partial charge in [0, 0.05) is 5.56 Å². The summed E-state index contributed by atoms with van der Waals surface area (Å²) in [6.45, 7) is -0.674. The maximum atomic E-state index is 13.5. The smallest absolute Gasteiger partial charge is 0.191 e. The topological polar surface area (TPSA) is 26.3 Å². The fraction of sp³-hybridized carbons (Fsp3) is 0.0714. The van der Waals surface area contributed by atoms with E-state index in [1.54, 1.807) is 0 Å². The predicted molar refractivity (Wildman–Crippen MR) is 62.4 cm³/mol. The lowest BCUT2D eigenvalue weighted by Crippen LogP contribution is -2.05. The molecule has 0 saturated carbocycles. The lowest BCUT2D eigenvalue weighted by Gasteiger charge is -2.10. The van der Waals surface area contributed by atoms with Crippen LogP contribution in [0.2, 0.25) is 0 Å². The highest BCUT2D eigenvalue weighted by Gasteiger charge is 2.15. The normalized spacial score (nSPS) is 10.4. The second-order valence-electron chi connectivity index (χ2n) is 3.92. The van der Waals surface area contributed by atoms with Crippen LogP contribution in [0.5, 0.6) is 5.75 Å². The minimum absolute atomic E-state index is 0.204. The van der Waals surface area contributed by atoms with Crippen LogP contribution in [0.25, 0.3) is 0 Å². The van der Waals surface area contributed by atoms with Gasteiger partial charge in [-0.1, -0.05) is 6.07 Å². The Morgan fingerprint density at radius 3 is 2.00 bits per heavy atom. The molecule has 0 heterocycles. The Hall–Kier alpha value is -2.37. The second kappa shape index (κ2) is 5.73. The molecule has 0 aliphatic rings. The number of aldehydes is 1. The van der Waals surface area contributed by atoms with Gasteiger partial charge in [-0.05, 0) is 24.3 Å². The first-order valence-electron chi connectivity index (χ1n) is 5.53. The Morgan fingerprint density at radius 1 is 0.950 bits per heavy atom. The van der Waals surface area contributed by atoms with Crippen LogP contribution in [-0.4, -0.2) is 6.29 Å². The zero-order valence-corrected chi connectivity index (χ0v) is 10.00. The summed E-state index contributed by atoms with van der Waals surface area (Å²) < 4.78 is 58.4. The van der Waals surface area contributed by atoms with Gasteiger partial charge in [-0.2, -0.15) is 0 Å². The van der Waals surface area contributed by atoms with E-state index in [2.05, 4.69) is 0 Å². The summed E-state index contributed by atoms with van der Waals surface area (Å²) >= 11 is 0. The predicted octanol–water partition coefficient (Wildman–Crippen LogP) is 3.63. The molecule has 0 bridgehead atoms. The highest BCUT2D eigenvalue weighted by molar-refractivity contribution is 5.75. The largest absolute Gasteiger partial charge is 0.483 e. The zero-order valence-electron chi connectivity index (χ0n) is 10.00. The Kier molecular flexibility index (Phi) is 4.02. The van der Waals surface area contributed by atoms with E-state index in [9.17, 15) is 22.4 Å². The molecule has 0 spiro atoms. The van der Waals surface area contributed by atoms with Gasteiger partial charge in [0.2, 0.25) is 0 Å². The molecule has 20 heavy (non-hydrogen) atoms. The fourth-order valence-corrected chi connectivity index (χ4v) is 1.60.